The van der Waals surface area contributed by atoms with Crippen molar-refractivity contribution < 1.29 is 14.7 Å². The van der Waals surface area contributed by atoms with Crippen molar-refractivity contribution in [3.05, 3.63) is 54.6 Å². The minimum absolute atomic E-state index is 0.0979. The summed E-state index contributed by atoms with van der Waals surface area (Å²) in [5.41, 5.74) is 0.161. The van der Waals surface area contributed by atoms with Crippen LogP contribution in [-0.2, 0) is 17.4 Å². The Balaban J connectivity index is 1.67. The van der Waals surface area contributed by atoms with Crippen LogP contribution in [0.4, 0.5) is 5.69 Å². The molecule has 142 valence electrons. The third-order valence-electron chi connectivity index (χ3n) is 5.01. The maximum Gasteiger partial charge on any atom is 0.253 e. The zero-order chi connectivity index (χ0) is 19.6. The Morgan fingerprint density at radius 2 is 1.89 bits per heavy atom. The summed E-state index contributed by atoms with van der Waals surface area (Å²) < 4.78 is 1.57. The normalized spacial score (nSPS) is 16.0. The first-order valence-electron chi connectivity index (χ1n) is 8.72. The number of likely N-dealkylation sites (N-methyl/N-ethyl adjacent to an activating group) is 1. The predicted octanol–water partition coefficient (Wildman–Crippen LogP) is 1.09. The lowest BCUT2D eigenvalue weighted by Gasteiger charge is -2.37. The fourth-order valence-corrected chi connectivity index (χ4v) is 3.30. The first-order chi connectivity index (χ1) is 12.9. The molecule has 0 saturated carbocycles. The van der Waals surface area contributed by atoms with Crippen LogP contribution in [0.1, 0.15) is 29.0 Å². The van der Waals surface area contributed by atoms with Crippen molar-refractivity contribution in [1.82, 2.24) is 19.7 Å². The summed E-state index contributed by atoms with van der Waals surface area (Å²) in [5.74, 6) is 0.210. The third kappa shape index (κ3) is 3.61. The number of aryl methyl sites for hydroxylation is 1. The van der Waals surface area contributed by atoms with Gasteiger partial charge in [-0.3, -0.25) is 14.3 Å². The van der Waals surface area contributed by atoms with Crippen LogP contribution in [-0.4, -0.2) is 56.7 Å². The van der Waals surface area contributed by atoms with E-state index in [1.165, 1.54) is 17.3 Å². The average Bonchev–Trinajstić information content (AvgIpc) is 3.14. The predicted molar refractivity (Wildman–Crippen MR) is 100 cm³/mol. The fraction of sp³-hybridized carbons (Fsp3) is 0.368. The number of carbonyl (C=O) groups is 2. The first-order valence-corrected chi connectivity index (χ1v) is 8.72. The van der Waals surface area contributed by atoms with Gasteiger partial charge in [-0.1, -0.05) is 6.58 Å². The molecule has 0 spiro atoms. The molecule has 0 atom stereocenters. The monoisotopic (exact) mass is 369 g/mol. The number of likely N-dealkylation sites (tertiary alicyclic amines) is 1. The largest absolute Gasteiger partial charge is 0.382 e. The number of amides is 2. The molecule has 0 radical (unpaired) electrons. The van der Waals surface area contributed by atoms with E-state index in [1.54, 1.807) is 47.9 Å². The van der Waals surface area contributed by atoms with Crippen LogP contribution in [0.25, 0.3) is 0 Å². The minimum Gasteiger partial charge on any atom is -0.382 e. The number of aromatic nitrogens is 3. The standard InChI is InChI=1S/C19H23N5O3/c1-4-16(25)22(2)15-7-5-14(6-8-15)17(26)24-11-9-19(27,10-12-24)18-20-13-21-23(18)3/h4-8,13,27H,1,9-12H2,2-3H3. The summed E-state index contributed by atoms with van der Waals surface area (Å²) in [7, 11) is 3.40. The van der Waals surface area contributed by atoms with Crippen LogP contribution >= 0.6 is 0 Å². The summed E-state index contributed by atoms with van der Waals surface area (Å²) in [6.45, 7) is 4.33. The van der Waals surface area contributed by atoms with Gasteiger partial charge in [0.15, 0.2) is 5.82 Å². The summed E-state index contributed by atoms with van der Waals surface area (Å²) >= 11 is 0. The molecule has 1 saturated heterocycles. The van der Waals surface area contributed by atoms with E-state index in [-0.39, 0.29) is 11.8 Å². The van der Waals surface area contributed by atoms with Gasteiger partial charge >= 0.3 is 0 Å². The zero-order valence-electron chi connectivity index (χ0n) is 15.5. The van der Waals surface area contributed by atoms with Crippen LogP contribution in [0, 0.1) is 0 Å². The van der Waals surface area contributed by atoms with E-state index < -0.39 is 5.60 Å². The molecule has 1 fully saturated rings. The fourth-order valence-electron chi connectivity index (χ4n) is 3.30. The van der Waals surface area contributed by atoms with Gasteiger partial charge in [-0.2, -0.15) is 5.10 Å². The van der Waals surface area contributed by atoms with Gasteiger partial charge in [-0.25, -0.2) is 4.98 Å². The lowest BCUT2D eigenvalue weighted by Crippen LogP contribution is -2.46. The second kappa shape index (κ2) is 7.32. The van der Waals surface area contributed by atoms with E-state index in [0.29, 0.717) is 43.0 Å². The van der Waals surface area contributed by atoms with E-state index in [9.17, 15) is 14.7 Å². The van der Waals surface area contributed by atoms with Crippen LogP contribution in [0.3, 0.4) is 0 Å². The molecule has 0 bridgehead atoms. The van der Waals surface area contributed by atoms with Crippen molar-refractivity contribution >= 4 is 17.5 Å². The van der Waals surface area contributed by atoms with E-state index in [0.717, 1.165) is 0 Å². The van der Waals surface area contributed by atoms with E-state index >= 15 is 0 Å². The Labute approximate surface area is 157 Å². The minimum atomic E-state index is -1.07. The molecule has 2 amide bonds. The van der Waals surface area contributed by atoms with Gasteiger partial charge in [0.05, 0.1) is 0 Å². The van der Waals surface area contributed by atoms with Crippen molar-refractivity contribution in [2.75, 3.05) is 25.0 Å². The molecule has 8 heteroatoms. The van der Waals surface area contributed by atoms with E-state index in [2.05, 4.69) is 16.7 Å². The summed E-state index contributed by atoms with van der Waals surface area (Å²) in [4.78, 5) is 31.7. The number of nitrogens with zero attached hydrogens (tertiary/aromatic N) is 5. The Kier molecular flexibility index (Phi) is 5.09. The van der Waals surface area contributed by atoms with Crippen molar-refractivity contribution in [3.8, 4) is 0 Å². The van der Waals surface area contributed by atoms with Crippen LogP contribution < -0.4 is 4.90 Å². The maximum absolute atomic E-state index is 12.7. The molecular formula is C19H23N5O3. The zero-order valence-corrected chi connectivity index (χ0v) is 15.5. The van der Waals surface area contributed by atoms with Crippen LogP contribution in [0.2, 0.25) is 0 Å². The lowest BCUT2D eigenvalue weighted by molar-refractivity contribution is -0.113. The van der Waals surface area contributed by atoms with Gasteiger partial charge < -0.3 is 14.9 Å². The number of rotatable bonds is 4. The van der Waals surface area contributed by atoms with Crippen molar-refractivity contribution in [1.29, 1.82) is 0 Å². The van der Waals surface area contributed by atoms with Gasteiger partial charge in [0.1, 0.15) is 11.9 Å². The molecule has 1 aromatic carbocycles. The molecular weight excluding hydrogens is 346 g/mol. The molecule has 1 aliphatic heterocycles. The second-order valence-corrected chi connectivity index (χ2v) is 6.68. The third-order valence-corrected chi connectivity index (χ3v) is 5.01. The van der Waals surface area contributed by atoms with Crippen molar-refractivity contribution in [3.63, 3.8) is 0 Å². The lowest BCUT2D eigenvalue weighted by atomic mass is 9.90. The number of hydrogen-bond donors (Lipinski definition) is 1. The van der Waals surface area contributed by atoms with E-state index in [1.807, 2.05) is 0 Å². The quantitative estimate of drug-likeness (QED) is 0.815. The topological polar surface area (TPSA) is 91.6 Å². The Morgan fingerprint density at radius 1 is 1.26 bits per heavy atom. The second-order valence-electron chi connectivity index (χ2n) is 6.68. The van der Waals surface area contributed by atoms with Gasteiger partial charge in [0, 0.05) is 51.3 Å². The SMILES string of the molecule is C=CC(=O)N(C)c1ccc(C(=O)N2CCC(O)(c3ncnn3C)CC2)cc1. The molecule has 0 aliphatic carbocycles. The highest BCUT2D eigenvalue weighted by Gasteiger charge is 2.38. The van der Waals surface area contributed by atoms with Crippen molar-refractivity contribution in [2.24, 2.45) is 7.05 Å². The molecule has 3 rings (SSSR count). The summed E-state index contributed by atoms with van der Waals surface area (Å²) in [6, 6.07) is 6.87. The molecule has 2 heterocycles. The molecule has 0 unspecified atom stereocenters. The van der Waals surface area contributed by atoms with Crippen LogP contribution in [0.15, 0.2) is 43.2 Å². The molecule has 1 aromatic heterocycles. The van der Waals surface area contributed by atoms with Gasteiger partial charge in [0.25, 0.3) is 5.91 Å². The molecule has 2 aromatic rings. The molecule has 8 nitrogen and oxygen atoms in total. The van der Waals surface area contributed by atoms with Gasteiger partial charge in [-0.05, 0) is 30.3 Å². The van der Waals surface area contributed by atoms with E-state index in [4.69, 9.17) is 0 Å². The van der Waals surface area contributed by atoms with Crippen LogP contribution in [0.5, 0.6) is 0 Å². The number of aliphatic hydroxyl groups is 1. The maximum atomic E-state index is 12.7. The molecule has 1 aliphatic rings. The van der Waals surface area contributed by atoms with Gasteiger partial charge in [-0.15, -0.1) is 0 Å². The number of hydrogen-bond acceptors (Lipinski definition) is 5. The molecule has 27 heavy (non-hydrogen) atoms. The first kappa shape index (κ1) is 18.8. The number of benzene rings is 1. The Morgan fingerprint density at radius 3 is 2.41 bits per heavy atom. The smallest absolute Gasteiger partial charge is 0.253 e. The number of anilines is 1. The summed E-state index contributed by atoms with van der Waals surface area (Å²) in [6.07, 6.45) is 3.46. The van der Waals surface area contributed by atoms with Crippen molar-refractivity contribution in [2.45, 2.75) is 18.4 Å². The molecule has 1 N–H and O–H groups in total. The average molecular weight is 369 g/mol. The number of carbonyl (C=O) groups excluding carboxylic acids is 2. The van der Waals surface area contributed by atoms with Gasteiger partial charge in [0.2, 0.25) is 5.91 Å². The highest BCUT2D eigenvalue weighted by molar-refractivity contribution is 6.01. The Hall–Kier alpha value is -3.00. The number of piperidine rings is 1. The Bertz CT molecular complexity index is 850. The highest BCUT2D eigenvalue weighted by atomic mass is 16.3. The summed E-state index contributed by atoms with van der Waals surface area (Å²) in [5, 5.41) is 14.9. The highest BCUT2D eigenvalue weighted by Crippen LogP contribution is 2.31.